The molecule has 6 heteroatoms. The zero-order valence-corrected chi connectivity index (χ0v) is 10.1. The summed E-state index contributed by atoms with van der Waals surface area (Å²) >= 11 is 5.46. The predicted octanol–water partition coefficient (Wildman–Crippen LogP) is 0.666. The van der Waals surface area contributed by atoms with Crippen LogP contribution in [-0.2, 0) is 14.8 Å². The molecule has 1 aliphatic rings. The normalized spacial score (nSPS) is 23.6. The first kappa shape index (κ1) is 12.2. The standard InChI is InChI=1S/C8H16ClNO3S/c1-8(2)7-13-5-4-10(8)14(11,12)6-3-9/h3-7H2,1-2H3. The molecule has 0 spiro atoms. The van der Waals surface area contributed by atoms with E-state index in [0.29, 0.717) is 19.8 Å². The SMILES string of the molecule is CC1(C)COCCN1S(=O)(=O)CCCl. The highest BCUT2D eigenvalue weighted by Gasteiger charge is 2.38. The number of alkyl halides is 1. The first-order chi connectivity index (χ1) is 6.40. The van der Waals surface area contributed by atoms with Gasteiger partial charge in [-0.05, 0) is 13.8 Å². The number of hydrogen-bond acceptors (Lipinski definition) is 3. The van der Waals surface area contributed by atoms with Crippen LogP contribution in [0.2, 0.25) is 0 Å². The highest BCUT2D eigenvalue weighted by molar-refractivity contribution is 7.89. The van der Waals surface area contributed by atoms with Gasteiger partial charge in [-0.25, -0.2) is 8.42 Å². The minimum atomic E-state index is -3.22. The van der Waals surface area contributed by atoms with Crippen molar-refractivity contribution in [3.63, 3.8) is 0 Å². The molecule has 4 nitrogen and oxygen atoms in total. The van der Waals surface area contributed by atoms with E-state index in [1.807, 2.05) is 13.8 Å². The Kier molecular flexibility index (Phi) is 3.80. The summed E-state index contributed by atoms with van der Waals surface area (Å²) in [5, 5.41) is 0. The van der Waals surface area contributed by atoms with E-state index in [9.17, 15) is 8.42 Å². The molecule has 14 heavy (non-hydrogen) atoms. The van der Waals surface area contributed by atoms with Gasteiger partial charge < -0.3 is 4.74 Å². The molecule has 84 valence electrons. The number of sulfonamides is 1. The van der Waals surface area contributed by atoms with E-state index in [2.05, 4.69) is 0 Å². The maximum Gasteiger partial charge on any atom is 0.215 e. The Morgan fingerprint density at radius 2 is 2.14 bits per heavy atom. The van der Waals surface area contributed by atoms with Crippen LogP contribution < -0.4 is 0 Å². The molecule has 1 aliphatic heterocycles. The van der Waals surface area contributed by atoms with Gasteiger partial charge in [0.1, 0.15) is 0 Å². The van der Waals surface area contributed by atoms with Gasteiger partial charge >= 0.3 is 0 Å². The third kappa shape index (κ3) is 2.59. The van der Waals surface area contributed by atoms with E-state index >= 15 is 0 Å². The van der Waals surface area contributed by atoms with Gasteiger partial charge in [-0.15, -0.1) is 11.6 Å². The molecule has 0 amide bonds. The molecule has 0 aliphatic carbocycles. The largest absolute Gasteiger partial charge is 0.378 e. The van der Waals surface area contributed by atoms with Gasteiger partial charge in [0.2, 0.25) is 10.0 Å². The number of rotatable bonds is 3. The molecule has 0 atom stereocenters. The summed E-state index contributed by atoms with van der Waals surface area (Å²) in [4.78, 5) is 0. The molecule has 1 fully saturated rings. The van der Waals surface area contributed by atoms with Crippen LogP contribution in [0.25, 0.3) is 0 Å². The molecule has 0 saturated carbocycles. The van der Waals surface area contributed by atoms with Gasteiger partial charge in [-0.3, -0.25) is 0 Å². The van der Waals surface area contributed by atoms with E-state index in [1.54, 1.807) is 0 Å². The minimum absolute atomic E-state index is 0.00200. The summed E-state index contributed by atoms with van der Waals surface area (Å²) in [6, 6.07) is 0. The van der Waals surface area contributed by atoms with Crippen molar-refractivity contribution >= 4 is 21.6 Å². The van der Waals surface area contributed by atoms with Crippen molar-refractivity contribution in [1.82, 2.24) is 4.31 Å². The van der Waals surface area contributed by atoms with Gasteiger partial charge in [-0.2, -0.15) is 4.31 Å². The van der Waals surface area contributed by atoms with Crippen LogP contribution in [0, 0.1) is 0 Å². The van der Waals surface area contributed by atoms with Crippen molar-refractivity contribution in [1.29, 1.82) is 0 Å². The third-order valence-electron chi connectivity index (χ3n) is 2.24. The summed E-state index contributed by atoms with van der Waals surface area (Å²) in [5.41, 5.74) is -0.455. The fourth-order valence-electron chi connectivity index (χ4n) is 1.57. The number of hydrogen-bond donors (Lipinski definition) is 0. The molecular formula is C8H16ClNO3S. The molecule has 0 aromatic carbocycles. The topological polar surface area (TPSA) is 46.6 Å². The highest BCUT2D eigenvalue weighted by atomic mass is 35.5. The maximum atomic E-state index is 11.8. The lowest BCUT2D eigenvalue weighted by Gasteiger charge is -2.40. The van der Waals surface area contributed by atoms with Gasteiger partial charge in [0.05, 0.1) is 24.5 Å². The Balaban J connectivity index is 2.84. The Hall–Kier alpha value is 0.160. The van der Waals surface area contributed by atoms with Gasteiger partial charge in [0, 0.05) is 12.4 Å². The minimum Gasteiger partial charge on any atom is -0.378 e. The summed E-state index contributed by atoms with van der Waals surface area (Å²) in [6.45, 7) is 5.04. The van der Waals surface area contributed by atoms with Crippen molar-refractivity contribution in [3.05, 3.63) is 0 Å². The molecular weight excluding hydrogens is 226 g/mol. The first-order valence-corrected chi connectivity index (χ1v) is 6.69. The number of ether oxygens (including phenoxy) is 1. The molecule has 0 aromatic rings. The molecule has 0 unspecified atom stereocenters. The van der Waals surface area contributed by atoms with Crippen LogP contribution in [-0.4, -0.2) is 49.7 Å². The first-order valence-electron chi connectivity index (χ1n) is 4.54. The number of morpholine rings is 1. The van der Waals surface area contributed by atoms with Crippen LogP contribution in [0.4, 0.5) is 0 Å². The molecule has 1 rings (SSSR count). The van der Waals surface area contributed by atoms with Crippen LogP contribution in [0.5, 0.6) is 0 Å². The molecule has 0 N–H and O–H groups in total. The Morgan fingerprint density at radius 1 is 1.50 bits per heavy atom. The fraction of sp³-hybridized carbons (Fsp3) is 1.00. The van der Waals surface area contributed by atoms with Crippen molar-refractivity contribution in [3.8, 4) is 0 Å². The van der Waals surface area contributed by atoms with Gasteiger partial charge in [0.15, 0.2) is 0 Å². The van der Waals surface area contributed by atoms with Crippen LogP contribution in [0.1, 0.15) is 13.8 Å². The van der Waals surface area contributed by atoms with Gasteiger partial charge in [-0.1, -0.05) is 0 Å². The smallest absolute Gasteiger partial charge is 0.215 e. The highest BCUT2D eigenvalue weighted by Crippen LogP contribution is 2.22. The Bertz CT molecular complexity index is 289. The Labute approximate surface area is 90.2 Å². The van der Waals surface area contributed by atoms with Crippen LogP contribution >= 0.6 is 11.6 Å². The summed E-state index contributed by atoms with van der Waals surface area (Å²) < 4.78 is 30.3. The van der Waals surface area contributed by atoms with Crippen molar-refractivity contribution < 1.29 is 13.2 Å². The van der Waals surface area contributed by atoms with E-state index in [0.717, 1.165) is 0 Å². The zero-order chi connectivity index (χ0) is 10.8. The number of halogens is 1. The lowest BCUT2D eigenvalue weighted by atomic mass is 10.1. The van der Waals surface area contributed by atoms with Crippen molar-refractivity contribution in [2.45, 2.75) is 19.4 Å². The quantitative estimate of drug-likeness (QED) is 0.683. The van der Waals surface area contributed by atoms with Gasteiger partial charge in [0.25, 0.3) is 0 Å². The summed E-state index contributed by atoms with van der Waals surface area (Å²) in [7, 11) is -3.22. The monoisotopic (exact) mass is 241 g/mol. The van der Waals surface area contributed by atoms with Crippen molar-refractivity contribution in [2.75, 3.05) is 31.4 Å². The second kappa shape index (κ2) is 4.35. The second-order valence-electron chi connectivity index (χ2n) is 3.94. The molecule has 0 radical (unpaired) electrons. The van der Waals surface area contributed by atoms with E-state index in [4.69, 9.17) is 16.3 Å². The molecule has 0 bridgehead atoms. The zero-order valence-electron chi connectivity index (χ0n) is 8.49. The molecule has 1 saturated heterocycles. The summed E-state index contributed by atoms with van der Waals surface area (Å²) in [5.74, 6) is 0.133. The van der Waals surface area contributed by atoms with Crippen LogP contribution in [0.15, 0.2) is 0 Å². The second-order valence-corrected chi connectivity index (χ2v) is 6.33. The van der Waals surface area contributed by atoms with E-state index < -0.39 is 15.6 Å². The number of nitrogens with zero attached hydrogens (tertiary/aromatic N) is 1. The average Bonchev–Trinajstić information content (AvgIpc) is 2.02. The van der Waals surface area contributed by atoms with Crippen molar-refractivity contribution in [2.24, 2.45) is 0 Å². The Morgan fingerprint density at radius 3 is 2.64 bits per heavy atom. The summed E-state index contributed by atoms with van der Waals surface area (Å²) in [6.07, 6.45) is 0. The third-order valence-corrected chi connectivity index (χ3v) is 4.72. The maximum absolute atomic E-state index is 11.8. The molecule has 0 aromatic heterocycles. The lowest BCUT2D eigenvalue weighted by Crippen LogP contribution is -2.56. The average molecular weight is 242 g/mol. The predicted molar refractivity (Wildman–Crippen MR) is 56.1 cm³/mol. The van der Waals surface area contributed by atoms with Crippen LogP contribution in [0.3, 0.4) is 0 Å². The molecule has 1 heterocycles. The van der Waals surface area contributed by atoms with E-state index in [1.165, 1.54) is 4.31 Å². The lowest BCUT2D eigenvalue weighted by molar-refractivity contribution is -0.00761. The van der Waals surface area contributed by atoms with E-state index in [-0.39, 0.29) is 11.6 Å². The fourth-order valence-corrected chi connectivity index (χ4v) is 3.73.